The molecular formula is C17H22FN5. The summed E-state index contributed by atoms with van der Waals surface area (Å²) in [5.74, 6) is 1.36. The zero-order chi connectivity index (χ0) is 15.8. The molecule has 4 rings (SSSR count). The second-order valence-corrected chi connectivity index (χ2v) is 6.75. The third kappa shape index (κ3) is 3.00. The molecule has 0 spiro atoms. The van der Waals surface area contributed by atoms with Gasteiger partial charge >= 0.3 is 0 Å². The molecule has 1 aliphatic heterocycles. The van der Waals surface area contributed by atoms with Crippen molar-refractivity contribution >= 4 is 0 Å². The Morgan fingerprint density at radius 1 is 1.09 bits per heavy atom. The lowest BCUT2D eigenvalue weighted by Gasteiger charge is -2.35. The van der Waals surface area contributed by atoms with Crippen LogP contribution in [0.4, 0.5) is 4.39 Å². The van der Waals surface area contributed by atoms with Crippen molar-refractivity contribution in [2.45, 2.75) is 50.6 Å². The van der Waals surface area contributed by atoms with Gasteiger partial charge in [0, 0.05) is 0 Å². The zero-order valence-corrected chi connectivity index (χ0v) is 13.4. The maximum absolute atomic E-state index is 13.1. The molecule has 1 saturated carbocycles. The zero-order valence-electron chi connectivity index (χ0n) is 13.4. The SMILES string of the molecule is C[C@@H](c1nnnn1C1CC1)N1CCC(c2ccc(F)cc2)CC1. The highest BCUT2D eigenvalue weighted by Crippen LogP contribution is 2.37. The summed E-state index contributed by atoms with van der Waals surface area (Å²) >= 11 is 0. The Morgan fingerprint density at radius 2 is 1.78 bits per heavy atom. The third-order valence-corrected chi connectivity index (χ3v) is 5.20. The Bertz CT molecular complexity index is 656. The number of tetrazole rings is 1. The first-order valence-corrected chi connectivity index (χ1v) is 8.49. The van der Waals surface area contributed by atoms with E-state index >= 15 is 0 Å². The molecule has 2 aliphatic rings. The molecule has 23 heavy (non-hydrogen) atoms. The fourth-order valence-corrected chi connectivity index (χ4v) is 3.57. The molecule has 0 amide bonds. The van der Waals surface area contributed by atoms with Crippen LogP contribution in [0.1, 0.15) is 62.0 Å². The lowest BCUT2D eigenvalue weighted by Crippen LogP contribution is -2.36. The summed E-state index contributed by atoms with van der Waals surface area (Å²) in [5.41, 5.74) is 1.25. The van der Waals surface area contributed by atoms with Gasteiger partial charge in [0.25, 0.3) is 0 Å². The number of nitrogens with zero attached hydrogens (tertiary/aromatic N) is 5. The predicted molar refractivity (Wildman–Crippen MR) is 84.5 cm³/mol. The highest BCUT2D eigenvalue weighted by molar-refractivity contribution is 5.21. The number of rotatable bonds is 4. The van der Waals surface area contributed by atoms with Crippen LogP contribution in [-0.2, 0) is 0 Å². The van der Waals surface area contributed by atoms with Crippen LogP contribution in [0.5, 0.6) is 0 Å². The van der Waals surface area contributed by atoms with Crippen molar-refractivity contribution in [3.05, 3.63) is 41.5 Å². The van der Waals surface area contributed by atoms with Crippen LogP contribution in [0.25, 0.3) is 0 Å². The van der Waals surface area contributed by atoms with Gasteiger partial charge in [-0.3, -0.25) is 4.90 Å². The lowest BCUT2D eigenvalue weighted by molar-refractivity contribution is 0.153. The minimum Gasteiger partial charge on any atom is -0.294 e. The first-order valence-electron chi connectivity index (χ1n) is 8.49. The number of likely N-dealkylation sites (tertiary alicyclic amines) is 1. The van der Waals surface area contributed by atoms with E-state index < -0.39 is 0 Å². The van der Waals surface area contributed by atoms with E-state index in [1.807, 2.05) is 16.8 Å². The number of piperidine rings is 1. The molecule has 1 aromatic carbocycles. The Kier molecular flexibility index (Phi) is 3.85. The molecular weight excluding hydrogens is 293 g/mol. The molecule has 0 radical (unpaired) electrons. The number of hydrogen-bond acceptors (Lipinski definition) is 4. The average Bonchev–Trinajstić information content (AvgIpc) is 3.32. The third-order valence-electron chi connectivity index (χ3n) is 5.20. The van der Waals surface area contributed by atoms with Crippen molar-refractivity contribution in [1.29, 1.82) is 0 Å². The van der Waals surface area contributed by atoms with Crippen LogP contribution < -0.4 is 0 Å². The molecule has 2 aromatic rings. The summed E-state index contributed by atoms with van der Waals surface area (Å²) < 4.78 is 15.1. The molecule has 2 fully saturated rings. The summed E-state index contributed by atoms with van der Waals surface area (Å²) in [5, 5.41) is 12.3. The van der Waals surface area contributed by atoms with Gasteiger partial charge in [-0.25, -0.2) is 9.07 Å². The van der Waals surface area contributed by atoms with E-state index in [9.17, 15) is 4.39 Å². The van der Waals surface area contributed by atoms with Crippen LogP contribution in [0.15, 0.2) is 24.3 Å². The quantitative estimate of drug-likeness (QED) is 0.870. The van der Waals surface area contributed by atoms with Gasteiger partial charge in [0.2, 0.25) is 0 Å². The van der Waals surface area contributed by atoms with Crippen LogP contribution in [0.3, 0.4) is 0 Å². The molecule has 2 heterocycles. The topological polar surface area (TPSA) is 46.8 Å². The number of benzene rings is 1. The molecule has 122 valence electrons. The Balaban J connectivity index is 1.40. The number of aromatic nitrogens is 4. The van der Waals surface area contributed by atoms with Gasteiger partial charge in [0.1, 0.15) is 5.82 Å². The Labute approximate surface area is 135 Å². The molecule has 0 N–H and O–H groups in total. The van der Waals surface area contributed by atoms with Crippen molar-refractivity contribution in [3.8, 4) is 0 Å². The van der Waals surface area contributed by atoms with Crippen molar-refractivity contribution in [2.24, 2.45) is 0 Å². The van der Waals surface area contributed by atoms with Crippen molar-refractivity contribution in [2.75, 3.05) is 13.1 Å². The Hall–Kier alpha value is -1.82. The van der Waals surface area contributed by atoms with Crippen LogP contribution in [-0.4, -0.2) is 38.2 Å². The highest BCUT2D eigenvalue weighted by atomic mass is 19.1. The van der Waals surface area contributed by atoms with E-state index in [1.165, 1.54) is 18.4 Å². The molecule has 1 saturated heterocycles. The maximum atomic E-state index is 13.1. The van der Waals surface area contributed by atoms with Gasteiger partial charge < -0.3 is 0 Å². The first-order chi connectivity index (χ1) is 11.2. The number of hydrogen-bond donors (Lipinski definition) is 0. The first kappa shape index (κ1) is 14.8. The molecule has 5 nitrogen and oxygen atoms in total. The van der Waals surface area contributed by atoms with E-state index in [0.29, 0.717) is 12.0 Å². The van der Waals surface area contributed by atoms with Gasteiger partial charge in [0.05, 0.1) is 12.1 Å². The van der Waals surface area contributed by atoms with Crippen molar-refractivity contribution in [1.82, 2.24) is 25.1 Å². The summed E-state index contributed by atoms with van der Waals surface area (Å²) in [6.45, 7) is 4.25. The monoisotopic (exact) mass is 315 g/mol. The summed E-state index contributed by atoms with van der Waals surface area (Å²) in [7, 11) is 0. The van der Waals surface area contributed by atoms with Crippen molar-refractivity contribution in [3.63, 3.8) is 0 Å². The van der Waals surface area contributed by atoms with E-state index in [1.54, 1.807) is 12.1 Å². The molecule has 0 bridgehead atoms. The minimum atomic E-state index is -0.160. The van der Waals surface area contributed by atoms with E-state index in [4.69, 9.17) is 0 Å². The fourth-order valence-electron chi connectivity index (χ4n) is 3.57. The molecule has 1 aliphatic carbocycles. The lowest BCUT2D eigenvalue weighted by atomic mass is 9.89. The van der Waals surface area contributed by atoms with Gasteiger partial charge in [0.15, 0.2) is 5.82 Å². The van der Waals surface area contributed by atoms with Crippen LogP contribution in [0, 0.1) is 5.82 Å². The van der Waals surface area contributed by atoms with Gasteiger partial charge in [-0.2, -0.15) is 0 Å². The minimum absolute atomic E-state index is 0.160. The van der Waals surface area contributed by atoms with Gasteiger partial charge in [-0.05, 0) is 79.7 Å². The number of halogens is 1. The van der Waals surface area contributed by atoms with E-state index in [2.05, 4.69) is 27.3 Å². The maximum Gasteiger partial charge on any atom is 0.168 e. The van der Waals surface area contributed by atoms with Crippen LogP contribution in [0.2, 0.25) is 0 Å². The van der Waals surface area contributed by atoms with Gasteiger partial charge in [-0.15, -0.1) is 5.10 Å². The van der Waals surface area contributed by atoms with E-state index in [-0.39, 0.29) is 11.9 Å². The second kappa shape index (κ2) is 6.00. The smallest absolute Gasteiger partial charge is 0.168 e. The molecule has 1 atom stereocenters. The summed E-state index contributed by atoms with van der Waals surface area (Å²) in [4.78, 5) is 2.46. The van der Waals surface area contributed by atoms with Gasteiger partial charge in [-0.1, -0.05) is 12.1 Å². The van der Waals surface area contributed by atoms with Crippen molar-refractivity contribution < 1.29 is 4.39 Å². The summed E-state index contributed by atoms with van der Waals surface area (Å²) in [6, 6.07) is 7.74. The molecule has 1 aromatic heterocycles. The van der Waals surface area contributed by atoms with Crippen LogP contribution >= 0.6 is 0 Å². The molecule has 6 heteroatoms. The standard InChI is InChI=1S/C17H22FN5/c1-12(17-19-20-21-23(17)16-6-7-16)22-10-8-14(9-11-22)13-2-4-15(18)5-3-13/h2-5,12,14,16H,6-11H2,1H3/t12-/m0/s1. The average molecular weight is 315 g/mol. The largest absolute Gasteiger partial charge is 0.294 e. The second-order valence-electron chi connectivity index (χ2n) is 6.75. The predicted octanol–water partition coefficient (Wildman–Crippen LogP) is 3.09. The summed E-state index contributed by atoms with van der Waals surface area (Å²) in [6.07, 6.45) is 4.58. The highest BCUT2D eigenvalue weighted by Gasteiger charge is 2.32. The molecule has 0 unspecified atom stereocenters. The normalized spacial score (nSPS) is 21.5. The fraction of sp³-hybridized carbons (Fsp3) is 0.588. The Morgan fingerprint density at radius 3 is 2.43 bits per heavy atom. The van der Waals surface area contributed by atoms with E-state index in [0.717, 1.165) is 31.8 Å².